The SMILES string of the molecule is C[C@@H]1C[NH+](CC(=O)Nc2ccc(C(N)=O)cc2)C[C@@H](C)O1. The first-order valence-corrected chi connectivity index (χ1v) is 7.13. The smallest absolute Gasteiger partial charge is 0.279 e. The Morgan fingerprint density at radius 1 is 1.24 bits per heavy atom. The third-order valence-corrected chi connectivity index (χ3v) is 3.48. The molecule has 1 fully saturated rings. The van der Waals surface area contributed by atoms with E-state index in [0.29, 0.717) is 17.8 Å². The van der Waals surface area contributed by atoms with Crippen molar-refractivity contribution in [3.63, 3.8) is 0 Å². The molecule has 6 nitrogen and oxygen atoms in total. The van der Waals surface area contributed by atoms with Crippen LogP contribution in [0.3, 0.4) is 0 Å². The Morgan fingerprint density at radius 3 is 2.33 bits per heavy atom. The largest absolute Gasteiger partial charge is 0.366 e. The highest BCUT2D eigenvalue weighted by Crippen LogP contribution is 2.08. The Labute approximate surface area is 124 Å². The zero-order chi connectivity index (χ0) is 15.4. The highest BCUT2D eigenvalue weighted by atomic mass is 16.5. The second-order valence-corrected chi connectivity index (χ2v) is 5.58. The number of benzene rings is 1. The molecular weight excluding hydrogens is 270 g/mol. The van der Waals surface area contributed by atoms with Crippen molar-refractivity contribution in [2.75, 3.05) is 25.0 Å². The number of hydrogen-bond acceptors (Lipinski definition) is 3. The number of primary amides is 1. The van der Waals surface area contributed by atoms with Gasteiger partial charge in [0, 0.05) is 11.3 Å². The Bertz CT molecular complexity index is 505. The molecule has 2 amide bonds. The molecule has 0 aromatic heterocycles. The molecule has 2 atom stereocenters. The summed E-state index contributed by atoms with van der Waals surface area (Å²) in [5, 5.41) is 2.83. The third-order valence-electron chi connectivity index (χ3n) is 3.48. The summed E-state index contributed by atoms with van der Waals surface area (Å²) in [6.45, 7) is 6.12. The molecule has 0 unspecified atom stereocenters. The molecular formula is C15H22N3O3+. The normalized spacial score (nSPS) is 25.3. The molecule has 6 heteroatoms. The third kappa shape index (κ3) is 4.54. The number of ether oxygens (including phenoxy) is 1. The number of carbonyl (C=O) groups excluding carboxylic acids is 2. The van der Waals surface area contributed by atoms with Gasteiger partial charge in [-0.05, 0) is 38.1 Å². The van der Waals surface area contributed by atoms with Crippen molar-refractivity contribution < 1.29 is 19.2 Å². The van der Waals surface area contributed by atoms with E-state index in [1.807, 2.05) is 13.8 Å². The number of nitrogens with one attached hydrogen (secondary N) is 2. The van der Waals surface area contributed by atoms with Crippen molar-refractivity contribution in [2.45, 2.75) is 26.1 Å². The predicted molar refractivity (Wildman–Crippen MR) is 79.2 cm³/mol. The van der Waals surface area contributed by atoms with Gasteiger partial charge in [-0.15, -0.1) is 0 Å². The second kappa shape index (κ2) is 6.69. The molecule has 1 aromatic rings. The fourth-order valence-electron chi connectivity index (χ4n) is 2.68. The van der Waals surface area contributed by atoms with Crippen LogP contribution in [0.1, 0.15) is 24.2 Å². The van der Waals surface area contributed by atoms with Gasteiger partial charge in [0.2, 0.25) is 5.91 Å². The first-order valence-electron chi connectivity index (χ1n) is 7.13. The molecule has 0 bridgehead atoms. The number of nitrogens with two attached hydrogens (primary N) is 1. The van der Waals surface area contributed by atoms with Crippen LogP contribution in [0.4, 0.5) is 5.69 Å². The molecule has 1 aliphatic rings. The minimum Gasteiger partial charge on any atom is -0.366 e. The van der Waals surface area contributed by atoms with Gasteiger partial charge in [-0.1, -0.05) is 0 Å². The number of rotatable bonds is 4. The molecule has 1 heterocycles. The van der Waals surface area contributed by atoms with Crippen LogP contribution in [0.2, 0.25) is 0 Å². The van der Waals surface area contributed by atoms with Crippen LogP contribution in [0.25, 0.3) is 0 Å². The molecule has 1 aliphatic heterocycles. The summed E-state index contributed by atoms with van der Waals surface area (Å²) in [6, 6.07) is 6.56. The number of quaternary nitrogens is 1. The summed E-state index contributed by atoms with van der Waals surface area (Å²) in [6.07, 6.45) is 0.345. The maximum Gasteiger partial charge on any atom is 0.279 e. The minimum absolute atomic E-state index is 0.0434. The van der Waals surface area contributed by atoms with Gasteiger partial charge >= 0.3 is 0 Å². The van der Waals surface area contributed by atoms with Gasteiger partial charge in [0.1, 0.15) is 25.3 Å². The first kappa shape index (κ1) is 15.5. The summed E-state index contributed by atoms with van der Waals surface area (Å²) in [7, 11) is 0. The van der Waals surface area contributed by atoms with E-state index in [-0.39, 0.29) is 18.1 Å². The quantitative estimate of drug-likeness (QED) is 0.694. The van der Waals surface area contributed by atoms with Gasteiger partial charge in [0.15, 0.2) is 6.54 Å². The summed E-state index contributed by atoms with van der Waals surface area (Å²) < 4.78 is 5.66. The van der Waals surface area contributed by atoms with Crippen molar-refractivity contribution >= 4 is 17.5 Å². The number of morpholine rings is 1. The lowest BCUT2D eigenvalue weighted by Gasteiger charge is -2.31. The van der Waals surface area contributed by atoms with Crippen molar-refractivity contribution in [3.8, 4) is 0 Å². The van der Waals surface area contributed by atoms with E-state index in [1.54, 1.807) is 24.3 Å². The molecule has 21 heavy (non-hydrogen) atoms. The van der Waals surface area contributed by atoms with E-state index in [1.165, 1.54) is 4.90 Å². The number of anilines is 1. The van der Waals surface area contributed by atoms with Gasteiger partial charge < -0.3 is 20.7 Å². The molecule has 0 saturated carbocycles. The topological polar surface area (TPSA) is 85.9 Å². The Balaban J connectivity index is 1.88. The molecule has 0 radical (unpaired) electrons. The Kier molecular flexibility index (Phi) is 4.93. The van der Waals surface area contributed by atoms with Crippen LogP contribution in [0.5, 0.6) is 0 Å². The maximum absolute atomic E-state index is 12.0. The molecule has 4 N–H and O–H groups in total. The standard InChI is InChI=1S/C15H21N3O3/c1-10-7-18(8-11(2)21-10)9-14(19)17-13-5-3-12(4-6-13)15(16)20/h3-6,10-11H,7-9H2,1-2H3,(H2,16,20)(H,17,19)/p+1/t10-,11-/m1/s1. The molecule has 0 spiro atoms. The zero-order valence-corrected chi connectivity index (χ0v) is 12.4. The van der Waals surface area contributed by atoms with E-state index in [2.05, 4.69) is 5.32 Å². The van der Waals surface area contributed by atoms with E-state index >= 15 is 0 Å². The average Bonchev–Trinajstić information content (AvgIpc) is 2.37. The average molecular weight is 292 g/mol. The van der Waals surface area contributed by atoms with Gasteiger partial charge in [0.05, 0.1) is 0 Å². The first-order chi connectivity index (χ1) is 9.94. The van der Waals surface area contributed by atoms with Crippen LogP contribution in [0.15, 0.2) is 24.3 Å². The molecule has 0 aliphatic carbocycles. The molecule has 2 rings (SSSR count). The van der Waals surface area contributed by atoms with Crippen molar-refractivity contribution in [1.82, 2.24) is 0 Å². The van der Waals surface area contributed by atoms with E-state index < -0.39 is 5.91 Å². The zero-order valence-electron chi connectivity index (χ0n) is 12.4. The van der Waals surface area contributed by atoms with Gasteiger partial charge in [-0.2, -0.15) is 0 Å². The minimum atomic E-state index is -0.478. The molecule has 1 saturated heterocycles. The van der Waals surface area contributed by atoms with E-state index in [9.17, 15) is 9.59 Å². The predicted octanol–water partition coefficient (Wildman–Crippen LogP) is -0.584. The van der Waals surface area contributed by atoms with Gasteiger partial charge in [-0.25, -0.2) is 0 Å². The van der Waals surface area contributed by atoms with Crippen LogP contribution in [-0.4, -0.2) is 43.7 Å². The van der Waals surface area contributed by atoms with Crippen molar-refractivity contribution in [1.29, 1.82) is 0 Å². The van der Waals surface area contributed by atoms with Crippen molar-refractivity contribution in [2.24, 2.45) is 5.73 Å². The summed E-state index contributed by atoms with van der Waals surface area (Å²) in [5.74, 6) is -0.522. The second-order valence-electron chi connectivity index (χ2n) is 5.58. The Hall–Kier alpha value is -1.92. The number of amides is 2. The molecule has 114 valence electrons. The molecule has 1 aromatic carbocycles. The van der Waals surface area contributed by atoms with Crippen LogP contribution in [0, 0.1) is 0 Å². The van der Waals surface area contributed by atoms with Gasteiger partial charge in [-0.3, -0.25) is 9.59 Å². The number of carbonyl (C=O) groups is 2. The van der Waals surface area contributed by atoms with E-state index in [0.717, 1.165) is 13.1 Å². The highest BCUT2D eigenvalue weighted by molar-refractivity contribution is 5.95. The summed E-state index contributed by atoms with van der Waals surface area (Å²) >= 11 is 0. The summed E-state index contributed by atoms with van der Waals surface area (Å²) in [4.78, 5) is 24.2. The van der Waals surface area contributed by atoms with Crippen molar-refractivity contribution in [3.05, 3.63) is 29.8 Å². The lowest BCUT2D eigenvalue weighted by Crippen LogP contribution is -3.16. The summed E-state index contributed by atoms with van der Waals surface area (Å²) in [5.41, 5.74) is 6.26. The lowest BCUT2D eigenvalue weighted by molar-refractivity contribution is -0.907. The Morgan fingerprint density at radius 2 is 1.81 bits per heavy atom. The fraction of sp³-hybridized carbons (Fsp3) is 0.467. The van der Waals surface area contributed by atoms with Crippen LogP contribution in [-0.2, 0) is 9.53 Å². The lowest BCUT2D eigenvalue weighted by atomic mass is 10.2. The van der Waals surface area contributed by atoms with E-state index in [4.69, 9.17) is 10.5 Å². The number of hydrogen-bond donors (Lipinski definition) is 3. The fourth-order valence-corrected chi connectivity index (χ4v) is 2.68. The highest BCUT2D eigenvalue weighted by Gasteiger charge is 2.27. The van der Waals surface area contributed by atoms with Gasteiger partial charge in [0.25, 0.3) is 5.91 Å². The van der Waals surface area contributed by atoms with Crippen LogP contribution < -0.4 is 16.0 Å². The van der Waals surface area contributed by atoms with Crippen LogP contribution >= 0.6 is 0 Å². The monoisotopic (exact) mass is 292 g/mol. The maximum atomic E-state index is 12.0.